The van der Waals surface area contributed by atoms with Crippen LogP contribution in [0.2, 0.25) is 0 Å². The van der Waals surface area contributed by atoms with E-state index in [9.17, 15) is 0 Å². The van der Waals surface area contributed by atoms with Crippen LogP contribution in [0.4, 0.5) is 0 Å². The molecule has 38 heavy (non-hydrogen) atoms. The van der Waals surface area contributed by atoms with E-state index in [1.54, 1.807) is 11.8 Å². The molecule has 1 aliphatic rings. The van der Waals surface area contributed by atoms with Gasteiger partial charge in [0.1, 0.15) is 17.0 Å². The van der Waals surface area contributed by atoms with Crippen LogP contribution in [0.5, 0.6) is 5.75 Å². The predicted octanol–water partition coefficient (Wildman–Crippen LogP) is 5.42. The number of nitrogens with zero attached hydrogens (tertiary/aromatic N) is 5. The van der Waals surface area contributed by atoms with Crippen molar-refractivity contribution < 1.29 is 13.9 Å². The van der Waals surface area contributed by atoms with Crippen molar-refractivity contribution in [1.29, 1.82) is 0 Å². The molecule has 0 aliphatic carbocycles. The second kappa shape index (κ2) is 10.3. The van der Waals surface area contributed by atoms with Crippen molar-refractivity contribution in [1.82, 2.24) is 30.2 Å². The van der Waals surface area contributed by atoms with E-state index in [4.69, 9.17) is 13.9 Å². The van der Waals surface area contributed by atoms with Crippen molar-refractivity contribution in [2.75, 3.05) is 13.7 Å². The normalized spacial score (nSPS) is 17.1. The van der Waals surface area contributed by atoms with Gasteiger partial charge in [-0.25, -0.2) is 4.68 Å². The Bertz CT molecular complexity index is 1570. The van der Waals surface area contributed by atoms with Gasteiger partial charge in [-0.3, -0.25) is 0 Å². The summed E-state index contributed by atoms with van der Waals surface area (Å²) in [5.74, 6) is 1.85. The zero-order chi connectivity index (χ0) is 26.1. The van der Waals surface area contributed by atoms with Gasteiger partial charge in [-0.05, 0) is 42.5 Å². The van der Waals surface area contributed by atoms with Gasteiger partial charge in [0.05, 0.1) is 37.7 Å². The molecule has 0 spiro atoms. The highest BCUT2D eigenvalue weighted by molar-refractivity contribution is 7.98. The fourth-order valence-corrected chi connectivity index (χ4v) is 5.95. The molecule has 10 heteroatoms. The molecule has 0 saturated carbocycles. The Kier molecular flexibility index (Phi) is 6.67. The Morgan fingerprint density at radius 1 is 1.11 bits per heavy atom. The lowest BCUT2D eigenvalue weighted by Crippen LogP contribution is -2.37. The Balaban J connectivity index is 1.19. The van der Waals surface area contributed by atoms with E-state index < -0.39 is 5.60 Å². The minimum atomic E-state index is -0.524. The van der Waals surface area contributed by atoms with E-state index in [0.717, 1.165) is 42.1 Å². The Morgan fingerprint density at radius 3 is 2.84 bits per heavy atom. The van der Waals surface area contributed by atoms with E-state index in [2.05, 4.69) is 57.5 Å². The molecule has 0 saturated heterocycles. The number of para-hydroxylation sites is 3. The van der Waals surface area contributed by atoms with Gasteiger partial charge in [-0.2, -0.15) is 0 Å². The first kappa shape index (κ1) is 24.7. The number of methoxy groups -OCH3 is 1. The molecule has 0 fully saturated rings. The number of H-pyrrole nitrogens is 1. The zero-order valence-electron chi connectivity index (χ0n) is 21.7. The molecule has 0 bridgehead atoms. The first-order chi connectivity index (χ1) is 18.6. The van der Waals surface area contributed by atoms with Gasteiger partial charge < -0.3 is 18.9 Å². The van der Waals surface area contributed by atoms with E-state index in [1.807, 2.05) is 30.5 Å². The van der Waals surface area contributed by atoms with Gasteiger partial charge in [0, 0.05) is 16.7 Å². The lowest BCUT2D eigenvalue weighted by atomic mass is 9.86. The predicted molar refractivity (Wildman–Crippen MR) is 145 cm³/mol. The molecule has 5 aromatic rings. The number of nitrogens with one attached hydrogen (secondary N) is 1. The van der Waals surface area contributed by atoms with Crippen LogP contribution in [0.3, 0.4) is 0 Å². The summed E-state index contributed by atoms with van der Waals surface area (Å²) in [4.78, 5) is 3.73. The lowest BCUT2D eigenvalue weighted by Gasteiger charge is -2.35. The zero-order valence-corrected chi connectivity index (χ0v) is 22.5. The number of aromatic nitrogens is 6. The van der Waals surface area contributed by atoms with Crippen molar-refractivity contribution in [2.45, 2.75) is 56.1 Å². The molecular formula is C28H30N6O3S. The topological polar surface area (TPSA) is 104 Å². The standard InChI is InChI=1S/C28H30N6O3S/c1-4-18-9-8-10-20-21-13-14-36-28(5-2,26(21)29-25(18)20)15-24-31-32-27(37-24)38-17-19-16-34(33-30-19)22-11-6-7-12-23(22)35-3/h6-12,16,29H,4-5,13-15,17H2,1-3H3. The number of benzene rings is 2. The van der Waals surface area contributed by atoms with Gasteiger partial charge in [-0.1, -0.05) is 61.2 Å². The lowest BCUT2D eigenvalue weighted by molar-refractivity contribution is -0.0696. The monoisotopic (exact) mass is 530 g/mol. The Morgan fingerprint density at radius 2 is 2.00 bits per heavy atom. The molecule has 4 heterocycles. The van der Waals surface area contributed by atoms with Gasteiger partial charge in [-0.15, -0.1) is 15.3 Å². The van der Waals surface area contributed by atoms with Crippen molar-refractivity contribution >= 4 is 22.7 Å². The van der Waals surface area contributed by atoms with Crippen LogP contribution in [0, 0.1) is 0 Å². The number of rotatable bonds is 9. The van der Waals surface area contributed by atoms with Crippen molar-refractivity contribution in [3.8, 4) is 11.4 Å². The van der Waals surface area contributed by atoms with Crippen molar-refractivity contribution in [3.63, 3.8) is 0 Å². The number of ether oxygens (including phenoxy) is 2. The largest absolute Gasteiger partial charge is 0.494 e. The molecule has 9 nitrogen and oxygen atoms in total. The number of fused-ring (bicyclic) bond motifs is 3. The average Bonchev–Trinajstić information content (AvgIpc) is 3.71. The first-order valence-electron chi connectivity index (χ1n) is 12.9. The van der Waals surface area contributed by atoms with Gasteiger partial charge in [0.25, 0.3) is 5.22 Å². The molecule has 2 aromatic carbocycles. The quantitative estimate of drug-likeness (QED) is 0.252. The van der Waals surface area contributed by atoms with Crippen molar-refractivity contribution in [2.24, 2.45) is 0 Å². The van der Waals surface area contributed by atoms with Crippen LogP contribution in [0.1, 0.15) is 48.7 Å². The van der Waals surface area contributed by atoms with Gasteiger partial charge >= 0.3 is 0 Å². The molecule has 0 amide bonds. The smallest absolute Gasteiger partial charge is 0.276 e. The summed E-state index contributed by atoms with van der Waals surface area (Å²) in [5.41, 5.74) is 6.13. The summed E-state index contributed by atoms with van der Waals surface area (Å²) in [6.07, 6.45) is 5.07. The molecule has 1 N–H and O–H groups in total. The number of hydrogen-bond acceptors (Lipinski definition) is 8. The third-order valence-corrected chi connectivity index (χ3v) is 8.12. The van der Waals surface area contributed by atoms with E-state index in [-0.39, 0.29) is 0 Å². The third kappa shape index (κ3) is 4.37. The highest BCUT2D eigenvalue weighted by Gasteiger charge is 2.40. The molecule has 6 rings (SSSR count). The number of aromatic amines is 1. The van der Waals surface area contributed by atoms with Crippen LogP contribution in [0.15, 0.2) is 58.3 Å². The number of aryl methyl sites for hydroxylation is 1. The molecule has 196 valence electrons. The summed E-state index contributed by atoms with van der Waals surface area (Å²) >= 11 is 1.44. The fourth-order valence-electron chi connectivity index (χ4n) is 5.29. The molecule has 1 aliphatic heterocycles. The summed E-state index contributed by atoms with van der Waals surface area (Å²) in [5, 5.41) is 19.0. The molecule has 3 aromatic heterocycles. The average molecular weight is 531 g/mol. The number of thioether (sulfide) groups is 1. The van der Waals surface area contributed by atoms with Crippen LogP contribution >= 0.6 is 11.8 Å². The third-order valence-electron chi connectivity index (χ3n) is 7.27. The first-order valence-corrected chi connectivity index (χ1v) is 13.9. The van der Waals surface area contributed by atoms with E-state index in [0.29, 0.717) is 29.9 Å². The Hall–Kier alpha value is -3.63. The minimum absolute atomic E-state index is 0.499. The fraction of sp³-hybridized carbons (Fsp3) is 0.357. The van der Waals surface area contributed by atoms with Crippen molar-refractivity contribution in [3.05, 3.63) is 77.1 Å². The molecule has 0 radical (unpaired) electrons. The molecule has 1 unspecified atom stereocenters. The summed E-state index contributed by atoms with van der Waals surface area (Å²) in [6, 6.07) is 14.2. The molecule has 1 atom stereocenters. The van der Waals surface area contributed by atoms with Gasteiger partial charge in [0.15, 0.2) is 0 Å². The maximum Gasteiger partial charge on any atom is 0.276 e. The highest BCUT2D eigenvalue weighted by atomic mass is 32.2. The van der Waals surface area contributed by atoms with Crippen LogP contribution in [-0.2, 0) is 35.4 Å². The maximum absolute atomic E-state index is 6.45. The second-order valence-electron chi connectivity index (χ2n) is 9.37. The van der Waals surface area contributed by atoms with Crippen LogP contribution in [0.25, 0.3) is 16.6 Å². The number of hydrogen-bond donors (Lipinski definition) is 1. The maximum atomic E-state index is 6.45. The summed E-state index contributed by atoms with van der Waals surface area (Å²) in [6.45, 7) is 5.01. The van der Waals surface area contributed by atoms with E-state index >= 15 is 0 Å². The van der Waals surface area contributed by atoms with Crippen LogP contribution < -0.4 is 4.74 Å². The molecular weight excluding hydrogens is 500 g/mol. The van der Waals surface area contributed by atoms with Gasteiger partial charge in [0.2, 0.25) is 5.89 Å². The summed E-state index contributed by atoms with van der Waals surface area (Å²) in [7, 11) is 1.64. The minimum Gasteiger partial charge on any atom is -0.494 e. The highest BCUT2D eigenvalue weighted by Crippen LogP contribution is 2.42. The van der Waals surface area contributed by atoms with Crippen LogP contribution in [-0.4, -0.2) is 43.9 Å². The SMILES string of the molecule is CCc1cccc2c3c([nH]c12)C(CC)(Cc1nnc(SCc2cn(-c4ccccc4OC)nn2)o1)OCC3. The Labute approximate surface area is 224 Å². The van der Waals surface area contributed by atoms with E-state index in [1.165, 1.54) is 33.8 Å². The summed E-state index contributed by atoms with van der Waals surface area (Å²) < 4.78 is 19.7. The second-order valence-corrected chi connectivity index (χ2v) is 10.3.